The van der Waals surface area contributed by atoms with E-state index in [0.29, 0.717) is 16.6 Å². The van der Waals surface area contributed by atoms with Gasteiger partial charge in [-0.3, -0.25) is 4.40 Å². The molecule has 4 nitrogen and oxygen atoms in total. The van der Waals surface area contributed by atoms with Crippen LogP contribution in [0.1, 0.15) is 5.56 Å². The molecule has 2 rings (SSSR count). The molecular formula is C11H9N3OS. The molecule has 0 aliphatic heterocycles. The van der Waals surface area contributed by atoms with Crippen molar-refractivity contribution in [2.24, 2.45) is 0 Å². The molecule has 0 saturated carbocycles. The van der Waals surface area contributed by atoms with Gasteiger partial charge in [0.25, 0.3) is 0 Å². The summed E-state index contributed by atoms with van der Waals surface area (Å²) in [6.07, 6.45) is 6.80. The number of aryl methyl sites for hydroxylation is 1. The van der Waals surface area contributed by atoms with Crippen molar-refractivity contribution in [2.75, 3.05) is 5.75 Å². The van der Waals surface area contributed by atoms with Crippen LogP contribution in [0.4, 0.5) is 0 Å². The topological polar surface area (TPSA) is 47.3 Å². The fourth-order valence-corrected chi connectivity index (χ4v) is 1.83. The van der Waals surface area contributed by atoms with E-state index in [-0.39, 0.29) is 5.69 Å². The fourth-order valence-electron chi connectivity index (χ4n) is 1.33. The van der Waals surface area contributed by atoms with Gasteiger partial charge in [-0.1, -0.05) is 23.7 Å². The average molecular weight is 231 g/mol. The molecule has 0 aromatic carbocycles. The molecule has 2 aromatic heterocycles. The van der Waals surface area contributed by atoms with Crippen LogP contribution in [-0.2, 0) is 0 Å². The van der Waals surface area contributed by atoms with Crippen molar-refractivity contribution >= 4 is 17.4 Å². The largest absolute Gasteiger partial charge is 0.355 e. The molecule has 0 unspecified atom stereocenters. The van der Waals surface area contributed by atoms with Crippen LogP contribution in [0.5, 0.6) is 0 Å². The third-order valence-corrected chi connectivity index (χ3v) is 2.80. The zero-order valence-electron chi connectivity index (χ0n) is 8.67. The van der Waals surface area contributed by atoms with Crippen LogP contribution in [-0.4, -0.2) is 20.1 Å². The van der Waals surface area contributed by atoms with E-state index in [1.165, 1.54) is 16.2 Å². The second kappa shape index (κ2) is 4.37. The molecule has 80 valence electrons. The maximum Gasteiger partial charge on any atom is 0.355 e. The van der Waals surface area contributed by atoms with Crippen LogP contribution in [0, 0.1) is 19.3 Å². The van der Waals surface area contributed by atoms with Crippen molar-refractivity contribution < 1.29 is 0 Å². The molecule has 0 N–H and O–H groups in total. The highest BCUT2D eigenvalue weighted by Gasteiger charge is 2.05. The second-order valence-electron chi connectivity index (χ2n) is 3.17. The first-order valence-corrected chi connectivity index (χ1v) is 5.63. The van der Waals surface area contributed by atoms with Crippen LogP contribution in [0.15, 0.2) is 28.3 Å². The van der Waals surface area contributed by atoms with Crippen LogP contribution in [0.25, 0.3) is 5.65 Å². The molecule has 0 radical (unpaired) electrons. The Kier molecular flexibility index (Phi) is 2.93. The van der Waals surface area contributed by atoms with Gasteiger partial charge in [0.1, 0.15) is 5.65 Å². The van der Waals surface area contributed by atoms with Crippen molar-refractivity contribution in [3.63, 3.8) is 0 Å². The summed E-state index contributed by atoms with van der Waals surface area (Å²) in [5.41, 5.74) is 1.24. The summed E-state index contributed by atoms with van der Waals surface area (Å²) in [6, 6.07) is 3.69. The minimum Gasteiger partial charge on any atom is -0.251 e. The number of terminal acetylenes is 1. The summed E-state index contributed by atoms with van der Waals surface area (Å²) < 4.78 is 1.43. The van der Waals surface area contributed by atoms with Crippen LogP contribution in [0.3, 0.4) is 0 Å². The van der Waals surface area contributed by atoms with Gasteiger partial charge in [-0.05, 0) is 18.6 Å². The highest BCUT2D eigenvalue weighted by molar-refractivity contribution is 7.99. The maximum absolute atomic E-state index is 11.7. The number of rotatable bonds is 2. The predicted octanol–water partition coefficient (Wildman–Crippen LogP) is 1.12. The van der Waals surface area contributed by atoms with Gasteiger partial charge in [0.05, 0.1) is 5.75 Å². The summed E-state index contributed by atoms with van der Waals surface area (Å²) in [5, 5.41) is 0.428. The average Bonchev–Trinajstić information content (AvgIpc) is 2.28. The van der Waals surface area contributed by atoms with Gasteiger partial charge in [0, 0.05) is 6.20 Å². The fraction of sp³-hybridized carbons (Fsp3) is 0.182. The Bertz CT molecular complexity index is 627. The van der Waals surface area contributed by atoms with Gasteiger partial charge in [0.15, 0.2) is 5.16 Å². The molecule has 2 aromatic rings. The number of aromatic nitrogens is 3. The van der Waals surface area contributed by atoms with E-state index in [0.717, 1.165) is 5.56 Å². The molecule has 0 spiro atoms. The van der Waals surface area contributed by atoms with Gasteiger partial charge in [0.2, 0.25) is 0 Å². The van der Waals surface area contributed by atoms with Gasteiger partial charge < -0.3 is 0 Å². The first kappa shape index (κ1) is 10.7. The third kappa shape index (κ3) is 1.92. The summed E-state index contributed by atoms with van der Waals surface area (Å²) in [6.45, 7) is 1.90. The normalized spacial score (nSPS) is 10.2. The van der Waals surface area contributed by atoms with E-state index >= 15 is 0 Å². The Balaban J connectivity index is 2.62. The molecule has 2 heterocycles. The van der Waals surface area contributed by atoms with Crippen LogP contribution >= 0.6 is 11.8 Å². The zero-order valence-corrected chi connectivity index (χ0v) is 9.49. The van der Waals surface area contributed by atoms with E-state index in [1.54, 1.807) is 12.3 Å². The third-order valence-electron chi connectivity index (χ3n) is 2.05. The second-order valence-corrected chi connectivity index (χ2v) is 4.11. The van der Waals surface area contributed by atoms with Crippen molar-refractivity contribution in [1.29, 1.82) is 0 Å². The monoisotopic (exact) mass is 231 g/mol. The number of pyridine rings is 1. The number of hydrogen-bond acceptors (Lipinski definition) is 4. The number of fused-ring (bicyclic) bond motifs is 1. The lowest BCUT2D eigenvalue weighted by atomic mass is 10.3. The van der Waals surface area contributed by atoms with Crippen LogP contribution in [0.2, 0.25) is 0 Å². The smallest absolute Gasteiger partial charge is 0.251 e. The van der Waals surface area contributed by atoms with Crippen molar-refractivity contribution in [2.45, 2.75) is 12.1 Å². The molecule has 0 bridgehead atoms. The highest BCUT2D eigenvalue weighted by atomic mass is 32.2. The SMILES string of the molecule is C#CCSc1nc(=O)n2cccc(C)c2n1. The van der Waals surface area contributed by atoms with E-state index in [2.05, 4.69) is 15.9 Å². The Morgan fingerprint density at radius 2 is 2.38 bits per heavy atom. The number of hydrogen-bond donors (Lipinski definition) is 0. The van der Waals surface area contributed by atoms with Gasteiger partial charge in [-0.15, -0.1) is 6.42 Å². The first-order chi connectivity index (χ1) is 7.72. The Morgan fingerprint density at radius 3 is 3.12 bits per heavy atom. The molecule has 5 heteroatoms. The lowest BCUT2D eigenvalue weighted by Crippen LogP contribution is -2.19. The van der Waals surface area contributed by atoms with Crippen molar-refractivity contribution in [3.8, 4) is 12.3 Å². The van der Waals surface area contributed by atoms with Crippen molar-refractivity contribution in [1.82, 2.24) is 14.4 Å². The first-order valence-electron chi connectivity index (χ1n) is 4.64. The summed E-state index contributed by atoms with van der Waals surface area (Å²) >= 11 is 1.29. The summed E-state index contributed by atoms with van der Waals surface area (Å²) in [5.74, 6) is 2.93. The molecule has 16 heavy (non-hydrogen) atoms. The van der Waals surface area contributed by atoms with Gasteiger partial charge >= 0.3 is 5.69 Å². The molecule has 0 atom stereocenters. The Hall–Kier alpha value is -1.80. The zero-order chi connectivity index (χ0) is 11.5. The van der Waals surface area contributed by atoms with Crippen LogP contribution < -0.4 is 5.69 Å². The lowest BCUT2D eigenvalue weighted by molar-refractivity contribution is 0.843. The quantitative estimate of drug-likeness (QED) is 0.574. The molecular weight excluding hydrogens is 222 g/mol. The Morgan fingerprint density at radius 1 is 1.56 bits per heavy atom. The van der Waals surface area contributed by atoms with E-state index < -0.39 is 0 Å². The summed E-state index contributed by atoms with van der Waals surface area (Å²) in [4.78, 5) is 19.8. The van der Waals surface area contributed by atoms with Crippen molar-refractivity contribution in [3.05, 3.63) is 34.4 Å². The standard InChI is InChI=1S/C11H9N3OS/c1-3-7-16-10-12-9-8(2)5-4-6-14(9)11(15)13-10/h1,4-6H,7H2,2H3. The highest BCUT2D eigenvalue weighted by Crippen LogP contribution is 2.12. The van der Waals surface area contributed by atoms with E-state index in [9.17, 15) is 4.79 Å². The van der Waals surface area contributed by atoms with E-state index in [1.807, 2.05) is 13.0 Å². The minimum atomic E-state index is -0.326. The molecule has 0 amide bonds. The molecule has 0 aliphatic rings. The molecule has 0 saturated heterocycles. The minimum absolute atomic E-state index is 0.326. The van der Waals surface area contributed by atoms with Gasteiger partial charge in [-0.25, -0.2) is 9.78 Å². The van der Waals surface area contributed by atoms with E-state index in [4.69, 9.17) is 6.42 Å². The number of nitrogens with zero attached hydrogens (tertiary/aromatic N) is 3. The number of thioether (sulfide) groups is 1. The lowest BCUT2D eigenvalue weighted by Gasteiger charge is -2.03. The summed E-state index contributed by atoms with van der Waals surface area (Å²) in [7, 11) is 0. The predicted molar refractivity (Wildman–Crippen MR) is 63.6 cm³/mol. The molecule has 0 fully saturated rings. The Labute approximate surface area is 96.7 Å². The van der Waals surface area contributed by atoms with Gasteiger partial charge in [-0.2, -0.15) is 4.98 Å². The molecule has 0 aliphatic carbocycles. The maximum atomic E-state index is 11.7.